The Morgan fingerprint density at radius 2 is 2.17 bits per heavy atom. The van der Waals surface area contributed by atoms with Gasteiger partial charge in [-0.25, -0.2) is 0 Å². The van der Waals surface area contributed by atoms with Crippen LogP contribution >= 0.6 is 0 Å². The van der Waals surface area contributed by atoms with Gasteiger partial charge < -0.3 is 9.80 Å². The van der Waals surface area contributed by atoms with E-state index in [2.05, 4.69) is 0 Å². The zero-order valence-corrected chi connectivity index (χ0v) is 10.4. The minimum absolute atomic E-state index is 0.0380. The molecule has 0 fully saturated rings. The van der Waals surface area contributed by atoms with Gasteiger partial charge in [0.05, 0.1) is 4.92 Å². The van der Waals surface area contributed by atoms with Crippen LogP contribution in [0.5, 0.6) is 0 Å². The molecule has 0 radical (unpaired) electrons. The second kappa shape index (κ2) is 4.73. The maximum atomic E-state index is 12.0. The number of hydrogen-bond donors (Lipinski definition) is 0. The van der Waals surface area contributed by atoms with E-state index >= 15 is 0 Å². The summed E-state index contributed by atoms with van der Waals surface area (Å²) in [6, 6.07) is 4.42. The van der Waals surface area contributed by atoms with E-state index in [-0.39, 0.29) is 11.6 Å². The number of fused-ring (bicyclic) bond motifs is 1. The van der Waals surface area contributed by atoms with Gasteiger partial charge in [0.25, 0.3) is 11.6 Å². The lowest BCUT2D eigenvalue weighted by Gasteiger charge is -2.18. The second-order valence-electron chi connectivity index (χ2n) is 4.63. The van der Waals surface area contributed by atoms with Crippen molar-refractivity contribution in [2.24, 2.45) is 0 Å². The van der Waals surface area contributed by atoms with Crippen molar-refractivity contribution >= 4 is 11.6 Å². The third kappa shape index (κ3) is 2.33. The molecule has 0 spiro atoms. The molecule has 18 heavy (non-hydrogen) atoms. The van der Waals surface area contributed by atoms with E-state index in [9.17, 15) is 14.9 Å². The van der Waals surface area contributed by atoms with E-state index in [1.54, 1.807) is 11.0 Å². The molecule has 0 N–H and O–H groups in total. The van der Waals surface area contributed by atoms with E-state index in [0.717, 1.165) is 12.1 Å². The maximum absolute atomic E-state index is 12.0. The van der Waals surface area contributed by atoms with E-state index in [4.69, 9.17) is 0 Å². The molecule has 1 aliphatic heterocycles. The van der Waals surface area contributed by atoms with E-state index in [0.29, 0.717) is 18.7 Å². The predicted molar refractivity (Wildman–Crippen MR) is 66.4 cm³/mol. The van der Waals surface area contributed by atoms with Crippen LogP contribution in [0.15, 0.2) is 18.2 Å². The van der Waals surface area contributed by atoms with Gasteiger partial charge in [-0.2, -0.15) is 0 Å². The van der Waals surface area contributed by atoms with Crippen molar-refractivity contribution in [2.45, 2.75) is 6.54 Å². The van der Waals surface area contributed by atoms with Gasteiger partial charge in [0, 0.05) is 37.3 Å². The molecule has 6 heteroatoms. The first-order valence-corrected chi connectivity index (χ1v) is 5.70. The number of amides is 1. The molecule has 1 heterocycles. The van der Waals surface area contributed by atoms with Crippen LogP contribution < -0.4 is 0 Å². The molecule has 6 nitrogen and oxygen atoms in total. The van der Waals surface area contributed by atoms with Gasteiger partial charge in [-0.1, -0.05) is 0 Å². The number of rotatable bonds is 4. The van der Waals surface area contributed by atoms with E-state index in [1.807, 2.05) is 19.0 Å². The number of non-ortho nitro benzene ring substituents is 1. The zero-order valence-electron chi connectivity index (χ0n) is 10.4. The van der Waals surface area contributed by atoms with Crippen molar-refractivity contribution in [1.29, 1.82) is 0 Å². The molecule has 1 amide bonds. The van der Waals surface area contributed by atoms with Crippen LogP contribution in [-0.2, 0) is 6.54 Å². The Morgan fingerprint density at radius 1 is 1.44 bits per heavy atom. The van der Waals surface area contributed by atoms with Crippen LogP contribution in [0.1, 0.15) is 15.9 Å². The fraction of sp³-hybridized carbons (Fsp3) is 0.417. The second-order valence-corrected chi connectivity index (χ2v) is 4.63. The summed E-state index contributed by atoms with van der Waals surface area (Å²) < 4.78 is 0. The smallest absolute Gasteiger partial charge is 0.269 e. The summed E-state index contributed by atoms with van der Waals surface area (Å²) in [5, 5.41) is 10.7. The minimum atomic E-state index is -0.437. The first-order valence-electron chi connectivity index (χ1n) is 5.70. The zero-order chi connectivity index (χ0) is 13.3. The number of hydrogen-bond acceptors (Lipinski definition) is 4. The molecule has 0 bridgehead atoms. The Bertz CT molecular complexity index is 499. The Morgan fingerprint density at radius 3 is 2.78 bits per heavy atom. The number of nitrogens with zero attached hydrogens (tertiary/aromatic N) is 3. The SMILES string of the molecule is CN(C)CCN1Cc2cc([N+](=O)[O-])ccc2C1=O. The summed E-state index contributed by atoms with van der Waals surface area (Å²) in [6.45, 7) is 1.87. The van der Waals surface area contributed by atoms with Crippen molar-refractivity contribution in [3.8, 4) is 0 Å². The van der Waals surface area contributed by atoms with Gasteiger partial charge in [-0.3, -0.25) is 14.9 Å². The lowest BCUT2D eigenvalue weighted by molar-refractivity contribution is -0.384. The fourth-order valence-electron chi connectivity index (χ4n) is 1.98. The van der Waals surface area contributed by atoms with Gasteiger partial charge in [0.1, 0.15) is 0 Å². The largest absolute Gasteiger partial charge is 0.333 e. The highest BCUT2D eigenvalue weighted by molar-refractivity contribution is 5.98. The third-order valence-electron chi connectivity index (χ3n) is 3.00. The Labute approximate surface area is 105 Å². The Hall–Kier alpha value is -1.95. The fourth-order valence-corrected chi connectivity index (χ4v) is 1.98. The molecule has 2 rings (SSSR count). The molecular weight excluding hydrogens is 234 g/mol. The topological polar surface area (TPSA) is 66.7 Å². The molecule has 0 aliphatic carbocycles. The van der Waals surface area contributed by atoms with Crippen LogP contribution in [-0.4, -0.2) is 47.8 Å². The number of benzene rings is 1. The summed E-state index contributed by atoms with van der Waals surface area (Å²) in [5.74, 6) is -0.0400. The monoisotopic (exact) mass is 249 g/mol. The minimum Gasteiger partial charge on any atom is -0.333 e. The highest BCUT2D eigenvalue weighted by Gasteiger charge is 2.28. The van der Waals surface area contributed by atoms with Crippen LogP contribution in [0.25, 0.3) is 0 Å². The lowest BCUT2D eigenvalue weighted by Crippen LogP contribution is -2.31. The highest BCUT2D eigenvalue weighted by atomic mass is 16.6. The Kier molecular flexibility index (Phi) is 3.29. The Balaban J connectivity index is 2.17. The quantitative estimate of drug-likeness (QED) is 0.592. The van der Waals surface area contributed by atoms with Crippen LogP contribution in [0.4, 0.5) is 5.69 Å². The molecule has 96 valence electrons. The van der Waals surface area contributed by atoms with Gasteiger partial charge in [0.2, 0.25) is 0 Å². The van der Waals surface area contributed by atoms with Gasteiger partial charge in [-0.15, -0.1) is 0 Å². The first-order chi connectivity index (χ1) is 8.49. The summed E-state index contributed by atoms with van der Waals surface area (Å²) in [7, 11) is 3.89. The number of nitro groups is 1. The number of nitro benzene ring substituents is 1. The van der Waals surface area contributed by atoms with Gasteiger partial charge in [-0.05, 0) is 25.7 Å². The number of carbonyl (C=O) groups is 1. The predicted octanol–water partition coefficient (Wildman–Crippen LogP) is 1.11. The molecular formula is C12H15N3O3. The van der Waals surface area contributed by atoms with Crippen molar-refractivity contribution in [1.82, 2.24) is 9.80 Å². The summed E-state index contributed by atoms with van der Waals surface area (Å²) in [6.07, 6.45) is 0. The van der Waals surface area contributed by atoms with E-state index in [1.165, 1.54) is 12.1 Å². The van der Waals surface area contributed by atoms with Crippen LogP contribution in [0, 0.1) is 10.1 Å². The normalized spacial score (nSPS) is 14.2. The van der Waals surface area contributed by atoms with E-state index < -0.39 is 4.92 Å². The number of carbonyl (C=O) groups excluding carboxylic acids is 1. The molecule has 1 aromatic rings. The van der Waals surface area contributed by atoms with Gasteiger partial charge >= 0.3 is 0 Å². The summed E-state index contributed by atoms with van der Waals surface area (Å²) >= 11 is 0. The molecule has 0 saturated heterocycles. The average molecular weight is 249 g/mol. The average Bonchev–Trinajstić information content (AvgIpc) is 2.63. The van der Waals surface area contributed by atoms with Crippen LogP contribution in [0.3, 0.4) is 0 Å². The first kappa shape index (κ1) is 12.5. The molecule has 1 aromatic carbocycles. The standard InChI is InChI=1S/C12H15N3O3/c1-13(2)5-6-14-8-9-7-10(15(17)18)3-4-11(9)12(14)16/h3-4,7H,5-6,8H2,1-2H3. The lowest BCUT2D eigenvalue weighted by atomic mass is 10.1. The van der Waals surface area contributed by atoms with Crippen molar-refractivity contribution in [2.75, 3.05) is 27.2 Å². The third-order valence-corrected chi connectivity index (χ3v) is 3.00. The van der Waals surface area contributed by atoms with Crippen molar-refractivity contribution in [3.05, 3.63) is 39.4 Å². The van der Waals surface area contributed by atoms with Crippen molar-refractivity contribution in [3.63, 3.8) is 0 Å². The molecule has 0 saturated carbocycles. The summed E-state index contributed by atoms with van der Waals surface area (Å²) in [5.41, 5.74) is 1.36. The molecule has 1 aliphatic rings. The molecule has 0 unspecified atom stereocenters. The van der Waals surface area contributed by atoms with Crippen LogP contribution in [0.2, 0.25) is 0 Å². The molecule has 0 aromatic heterocycles. The van der Waals surface area contributed by atoms with Gasteiger partial charge in [0.15, 0.2) is 0 Å². The number of likely N-dealkylation sites (N-methyl/N-ethyl adjacent to an activating group) is 1. The maximum Gasteiger partial charge on any atom is 0.269 e. The molecule has 0 atom stereocenters. The van der Waals surface area contributed by atoms with Crippen molar-refractivity contribution < 1.29 is 9.72 Å². The highest BCUT2D eigenvalue weighted by Crippen LogP contribution is 2.26. The summed E-state index contributed by atoms with van der Waals surface area (Å²) in [4.78, 5) is 26.0.